The molecule has 2 N–H and O–H groups in total. The maximum atomic E-state index is 12.9. The molecule has 0 bridgehead atoms. The molecule has 0 aromatic heterocycles. The van der Waals surface area contributed by atoms with Crippen LogP contribution in [-0.4, -0.2) is 30.7 Å². The van der Waals surface area contributed by atoms with E-state index in [4.69, 9.17) is 0 Å². The van der Waals surface area contributed by atoms with Crippen LogP contribution >= 0.6 is 0 Å². The molecule has 21 heavy (non-hydrogen) atoms. The molecule has 1 heterocycles. The molecule has 0 radical (unpaired) electrons. The van der Waals surface area contributed by atoms with Crippen molar-refractivity contribution in [2.24, 2.45) is 11.8 Å². The first kappa shape index (κ1) is 15.2. The van der Waals surface area contributed by atoms with Crippen molar-refractivity contribution < 1.29 is 18.8 Å². The molecule has 1 aliphatic rings. The van der Waals surface area contributed by atoms with Gasteiger partial charge in [-0.3, -0.25) is 14.4 Å². The summed E-state index contributed by atoms with van der Waals surface area (Å²) in [6.45, 7) is 2.25. The predicted octanol–water partition coefficient (Wildman–Crippen LogP) is 0.436. The minimum absolute atomic E-state index is 0.167. The van der Waals surface area contributed by atoms with E-state index in [1.54, 1.807) is 19.1 Å². The number of amides is 2. The normalized spacial score (nSPS) is 21.0. The largest absolute Gasteiger partial charge is 0.355 e. The van der Waals surface area contributed by atoms with E-state index in [1.807, 2.05) is 0 Å². The topological polar surface area (TPSA) is 75.3 Å². The third-order valence-corrected chi connectivity index (χ3v) is 3.59. The number of hydrogen-bond donors (Lipinski definition) is 2. The fraction of sp³-hybridized carbons (Fsp3) is 0.400. The molecule has 5 nitrogen and oxygen atoms in total. The van der Waals surface area contributed by atoms with Gasteiger partial charge in [0.05, 0.1) is 11.8 Å². The Bertz CT molecular complexity index is 557. The van der Waals surface area contributed by atoms with Crippen LogP contribution in [0, 0.1) is 17.7 Å². The molecule has 0 unspecified atom stereocenters. The number of hydrogen-bond acceptors (Lipinski definition) is 3. The smallest absolute Gasteiger partial charge is 0.287 e. The molecule has 1 aliphatic heterocycles. The first-order valence-electron chi connectivity index (χ1n) is 6.87. The molecule has 6 heteroatoms. The number of nitrogens with one attached hydrogen (secondary N) is 2. The van der Waals surface area contributed by atoms with Crippen molar-refractivity contribution >= 4 is 17.6 Å². The fourth-order valence-corrected chi connectivity index (χ4v) is 2.47. The van der Waals surface area contributed by atoms with Crippen LogP contribution in [0.25, 0.3) is 0 Å². The second-order valence-corrected chi connectivity index (χ2v) is 5.01. The van der Waals surface area contributed by atoms with Crippen molar-refractivity contribution in [2.45, 2.75) is 13.3 Å². The Morgan fingerprint density at radius 2 is 2.00 bits per heavy atom. The quantitative estimate of drug-likeness (QED) is 0.773. The van der Waals surface area contributed by atoms with E-state index in [1.165, 1.54) is 12.1 Å². The number of ketones is 1. The van der Waals surface area contributed by atoms with Crippen molar-refractivity contribution in [3.05, 3.63) is 35.6 Å². The van der Waals surface area contributed by atoms with E-state index in [0.29, 0.717) is 13.0 Å². The molecular formula is C15H17FN2O3. The van der Waals surface area contributed by atoms with Crippen molar-refractivity contribution in [3.8, 4) is 0 Å². The number of rotatable bonds is 5. The summed E-state index contributed by atoms with van der Waals surface area (Å²) in [5.74, 6) is -3.11. The molecule has 0 spiro atoms. The van der Waals surface area contributed by atoms with E-state index in [2.05, 4.69) is 10.6 Å². The van der Waals surface area contributed by atoms with Gasteiger partial charge in [0.2, 0.25) is 11.7 Å². The van der Waals surface area contributed by atoms with E-state index in [0.717, 1.165) is 5.56 Å². The number of carbonyl (C=O) groups is 3. The molecule has 1 aromatic rings. The summed E-state index contributed by atoms with van der Waals surface area (Å²) in [6.07, 6.45) is 0.307. The maximum absolute atomic E-state index is 12.9. The van der Waals surface area contributed by atoms with Gasteiger partial charge in [-0.05, 0) is 31.0 Å². The second kappa shape index (κ2) is 6.47. The van der Waals surface area contributed by atoms with Crippen molar-refractivity contribution in [2.75, 3.05) is 13.1 Å². The number of likely N-dealkylation sites (N-methyl/N-ethyl adjacent to an activating group) is 1. The van der Waals surface area contributed by atoms with Crippen LogP contribution in [0.5, 0.6) is 0 Å². The lowest BCUT2D eigenvalue weighted by atomic mass is 9.86. The van der Waals surface area contributed by atoms with Crippen LogP contribution in [0.4, 0.5) is 4.39 Å². The molecule has 112 valence electrons. The Morgan fingerprint density at radius 3 is 2.62 bits per heavy atom. The predicted molar refractivity (Wildman–Crippen MR) is 73.8 cm³/mol. The maximum Gasteiger partial charge on any atom is 0.287 e. The van der Waals surface area contributed by atoms with Gasteiger partial charge in [0.15, 0.2) is 0 Å². The van der Waals surface area contributed by atoms with Gasteiger partial charge in [0.25, 0.3) is 5.91 Å². The molecule has 2 atom stereocenters. The Labute approximate surface area is 121 Å². The highest BCUT2D eigenvalue weighted by atomic mass is 19.1. The molecule has 1 fully saturated rings. The highest BCUT2D eigenvalue weighted by molar-refractivity contribution is 6.37. The van der Waals surface area contributed by atoms with Gasteiger partial charge in [0, 0.05) is 13.1 Å². The monoisotopic (exact) mass is 292 g/mol. The van der Waals surface area contributed by atoms with E-state index in [9.17, 15) is 18.8 Å². The average Bonchev–Trinajstić information content (AvgIpc) is 2.82. The minimum atomic E-state index is -0.672. The molecule has 2 amide bonds. The third kappa shape index (κ3) is 3.45. The molecule has 0 aliphatic carbocycles. The number of Topliss-reactive ketones (excluding diaryl/α,β-unsaturated/α-hetero) is 1. The zero-order chi connectivity index (χ0) is 15.4. The molecule has 2 rings (SSSR count). The SMILES string of the molecule is CCNC(=O)C(=O)[C@H]1CNC(=O)[C@@H]1Cc1ccc(F)cc1. The van der Waals surface area contributed by atoms with Gasteiger partial charge in [-0.1, -0.05) is 12.1 Å². The van der Waals surface area contributed by atoms with E-state index in [-0.39, 0.29) is 18.3 Å². The van der Waals surface area contributed by atoms with Crippen LogP contribution in [0.3, 0.4) is 0 Å². The highest BCUT2D eigenvalue weighted by Gasteiger charge is 2.41. The zero-order valence-electron chi connectivity index (χ0n) is 11.7. The summed E-state index contributed by atoms with van der Waals surface area (Å²) in [7, 11) is 0. The van der Waals surface area contributed by atoms with Crippen LogP contribution in [0.1, 0.15) is 12.5 Å². The van der Waals surface area contributed by atoms with Crippen LogP contribution in [0.2, 0.25) is 0 Å². The Kier molecular flexibility index (Phi) is 4.67. The molecular weight excluding hydrogens is 275 g/mol. The average molecular weight is 292 g/mol. The number of carbonyl (C=O) groups excluding carboxylic acids is 3. The summed E-state index contributed by atoms with van der Waals surface area (Å²) in [6, 6.07) is 5.77. The first-order valence-corrected chi connectivity index (χ1v) is 6.87. The Morgan fingerprint density at radius 1 is 1.33 bits per heavy atom. The van der Waals surface area contributed by atoms with Crippen molar-refractivity contribution in [1.29, 1.82) is 0 Å². The molecule has 1 saturated heterocycles. The lowest BCUT2D eigenvalue weighted by molar-refractivity contribution is -0.141. The lowest BCUT2D eigenvalue weighted by Crippen LogP contribution is -2.38. The highest BCUT2D eigenvalue weighted by Crippen LogP contribution is 2.24. The third-order valence-electron chi connectivity index (χ3n) is 3.59. The van der Waals surface area contributed by atoms with Gasteiger partial charge < -0.3 is 10.6 Å². The van der Waals surface area contributed by atoms with Crippen LogP contribution in [-0.2, 0) is 20.8 Å². The summed E-state index contributed by atoms with van der Waals surface area (Å²) in [5.41, 5.74) is 0.757. The van der Waals surface area contributed by atoms with E-state index < -0.39 is 23.5 Å². The zero-order valence-corrected chi connectivity index (χ0v) is 11.7. The van der Waals surface area contributed by atoms with Gasteiger partial charge in [-0.2, -0.15) is 0 Å². The van der Waals surface area contributed by atoms with Gasteiger partial charge in [-0.15, -0.1) is 0 Å². The first-order chi connectivity index (χ1) is 10.0. The second-order valence-electron chi connectivity index (χ2n) is 5.01. The summed E-state index contributed by atoms with van der Waals surface area (Å²) in [5, 5.41) is 5.07. The number of halogens is 1. The Hall–Kier alpha value is -2.24. The summed E-state index contributed by atoms with van der Waals surface area (Å²) < 4.78 is 12.9. The standard InChI is InChI=1S/C15H17FN2O3/c1-2-17-15(21)13(19)12-8-18-14(20)11(12)7-9-3-5-10(16)6-4-9/h3-6,11-12H,2,7-8H2,1H3,(H,17,21)(H,18,20)/t11-,12+/m1/s1. The van der Waals surface area contributed by atoms with Gasteiger partial charge in [-0.25, -0.2) is 4.39 Å². The minimum Gasteiger partial charge on any atom is -0.355 e. The molecule has 0 saturated carbocycles. The number of benzene rings is 1. The van der Waals surface area contributed by atoms with Gasteiger partial charge in [0.1, 0.15) is 5.82 Å². The molecule has 1 aromatic carbocycles. The van der Waals surface area contributed by atoms with Crippen molar-refractivity contribution in [3.63, 3.8) is 0 Å². The van der Waals surface area contributed by atoms with Gasteiger partial charge >= 0.3 is 0 Å². The van der Waals surface area contributed by atoms with Crippen molar-refractivity contribution in [1.82, 2.24) is 10.6 Å². The Balaban J connectivity index is 2.11. The lowest BCUT2D eigenvalue weighted by Gasteiger charge is -2.15. The summed E-state index contributed by atoms with van der Waals surface area (Å²) >= 11 is 0. The van der Waals surface area contributed by atoms with Crippen LogP contribution in [0.15, 0.2) is 24.3 Å². The fourth-order valence-electron chi connectivity index (χ4n) is 2.47. The van der Waals surface area contributed by atoms with Crippen LogP contribution < -0.4 is 10.6 Å². The summed E-state index contributed by atoms with van der Waals surface area (Å²) in [4.78, 5) is 35.6. The van der Waals surface area contributed by atoms with E-state index >= 15 is 0 Å².